The van der Waals surface area contributed by atoms with Crippen LogP contribution < -0.4 is 5.32 Å². The molecule has 1 aliphatic rings. The van der Waals surface area contributed by atoms with E-state index in [0.717, 1.165) is 13.1 Å². The van der Waals surface area contributed by atoms with E-state index < -0.39 is 11.4 Å². The smallest absolute Gasteiger partial charge is 0.317 e. The van der Waals surface area contributed by atoms with E-state index in [1.165, 1.54) is 0 Å². The lowest BCUT2D eigenvalue weighted by molar-refractivity contribution is -0.149. The molecule has 6 nitrogen and oxygen atoms in total. The topological polar surface area (TPSA) is 72.9 Å². The average Bonchev–Trinajstić information content (AvgIpc) is 2.40. The quantitative estimate of drug-likeness (QED) is 0.777. The minimum Gasteiger partial charge on any atom is -0.481 e. The summed E-state index contributed by atoms with van der Waals surface area (Å²) in [7, 11) is 2.03. The highest BCUT2D eigenvalue weighted by Gasteiger charge is 2.35. The Morgan fingerprint density at radius 3 is 2.11 bits per heavy atom. The zero-order valence-corrected chi connectivity index (χ0v) is 12.1. The predicted molar refractivity (Wildman–Crippen MR) is 73.1 cm³/mol. The van der Waals surface area contributed by atoms with Crippen molar-refractivity contribution in [3.05, 3.63) is 0 Å². The molecule has 1 saturated heterocycles. The van der Waals surface area contributed by atoms with Gasteiger partial charge in [0, 0.05) is 32.7 Å². The summed E-state index contributed by atoms with van der Waals surface area (Å²) >= 11 is 0. The fraction of sp³-hybridized carbons (Fsp3) is 0.846. The number of likely N-dealkylation sites (N-methyl/N-ethyl adjacent to an activating group) is 1. The third-order valence-electron chi connectivity index (χ3n) is 4.18. The molecule has 1 heterocycles. The Kier molecular flexibility index (Phi) is 5.60. The van der Waals surface area contributed by atoms with E-state index in [9.17, 15) is 14.7 Å². The van der Waals surface area contributed by atoms with Gasteiger partial charge in [-0.3, -0.25) is 4.79 Å². The molecule has 1 aliphatic heterocycles. The second kappa shape index (κ2) is 6.75. The zero-order valence-electron chi connectivity index (χ0n) is 12.1. The van der Waals surface area contributed by atoms with Crippen molar-refractivity contribution in [2.75, 3.05) is 39.8 Å². The number of urea groups is 1. The lowest BCUT2D eigenvalue weighted by atomic mass is 9.82. The first-order valence-electron chi connectivity index (χ1n) is 6.90. The van der Waals surface area contributed by atoms with Crippen molar-refractivity contribution in [3.8, 4) is 0 Å². The lowest BCUT2D eigenvalue weighted by Gasteiger charge is -2.34. The molecule has 2 N–H and O–H groups in total. The maximum atomic E-state index is 12.0. The first-order chi connectivity index (χ1) is 8.95. The number of carboxylic acid groups (broad SMARTS) is 1. The second-order valence-corrected chi connectivity index (χ2v) is 5.24. The highest BCUT2D eigenvalue weighted by molar-refractivity contribution is 5.78. The van der Waals surface area contributed by atoms with Gasteiger partial charge < -0.3 is 20.2 Å². The molecule has 6 heteroatoms. The van der Waals surface area contributed by atoms with Gasteiger partial charge in [0.05, 0.1) is 5.41 Å². The fourth-order valence-electron chi connectivity index (χ4n) is 2.24. The Morgan fingerprint density at radius 1 is 1.16 bits per heavy atom. The monoisotopic (exact) mass is 271 g/mol. The Labute approximate surface area is 114 Å². The molecular formula is C13H25N3O3. The van der Waals surface area contributed by atoms with Crippen molar-refractivity contribution in [2.24, 2.45) is 5.41 Å². The molecular weight excluding hydrogens is 246 g/mol. The number of amides is 2. The van der Waals surface area contributed by atoms with Gasteiger partial charge in [0.15, 0.2) is 0 Å². The zero-order chi connectivity index (χ0) is 14.5. The van der Waals surface area contributed by atoms with Gasteiger partial charge in [-0.1, -0.05) is 13.8 Å². The molecule has 19 heavy (non-hydrogen) atoms. The van der Waals surface area contributed by atoms with Gasteiger partial charge in [-0.05, 0) is 19.9 Å². The van der Waals surface area contributed by atoms with Crippen molar-refractivity contribution in [3.63, 3.8) is 0 Å². The van der Waals surface area contributed by atoms with Crippen molar-refractivity contribution < 1.29 is 14.7 Å². The number of hydrogen-bond acceptors (Lipinski definition) is 3. The number of aliphatic carboxylic acids is 1. The molecule has 0 aromatic rings. The van der Waals surface area contributed by atoms with Gasteiger partial charge in [0.1, 0.15) is 0 Å². The molecule has 0 saturated carbocycles. The summed E-state index contributed by atoms with van der Waals surface area (Å²) in [4.78, 5) is 27.3. The van der Waals surface area contributed by atoms with Crippen LogP contribution in [0.1, 0.15) is 26.7 Å². The summed E-state index contributed by atoms with van der Waals surface area (Å²) in [6.07, 6.45) is 1.03. The SMILES string of the molecule is CCC(CC)(CNC(=O)N1CCN(C)CC1)C(=O)O. The summed E-state index contributed by atoms with van der Waals surface area (Å²) in [5.74, 6) is -0.837. The van der Waals surface area contributed by atoms with E-state index in [1.54, 1.807) is 4.90 Å². The van der Waals surface area contributed by atoms with Gasteiger partial charge in [0.25, 0.3) is 0 Å². The number of hydrogen-bond donors (Lipinski definition) is 2. The Balaban J connectivity index is 2.50. The number of carbonyl (C=O) groups excluding carboxylic acids is 1. The number of rotatable bonds is 5. The molecule has 110 valence electrons. The first kappa shape index (κ1) is 15.8. The van der Waals surface area contributed by atoms with E-state index in [1.807, 2.05) is 20.9 Å². The molecule has 0 bridgehead atoms. The van der Waals surface area contributed by atoms with Gasteiger partial charge in [-0.15, -0.1) is 0 Å². The highest BCUT2D eigenvalue weighted by Crippen LogP contribution is 2.25. The molecule has 0 atom stereocenters. The number of nitrogens with one attached hydrogen (secondary N) is 1. The molecule has 0 aliphatic carbocycles. The van der Waals surface area contributed by atoms with Crippen LogP contribution in [0.3, 0.4) is 0 Å². The normalized spacial score (nSPS) is 17.3. The molecule has 0 unspecified atom stereocenters. The summed E-state index contributed by atoms with van der Waals surface area (Å²) in [5, 5.41) is 12.1. The van der Waals surface area contributed by atoms with Crippen LogP contribution in [0.4, 0.5) is 4.79 Å². The number of nitrogens with zero attached hydrogens (tertiary/aromatic N) is 2. The predicted octanol–water partition coefficient (Wildman–Crippen LogP) is 0.834. The van der Waals surface area contributed by atoms with E-state index in [2.05, 4.69) is 10.2 Å². The third-order valence-corrected chi connectivity index (χ3v) is 4.18. The molecule has 0 aromatic carbocycles. The first-order valence-corrected chi connectivity index (χ1v) is 6.90. The lowest BCUT2D eigenvalue weighted by Crippen LogP contribution is -2.53. The van der Waals surface area contributed by atoms with Crippen molar-refractivity contribution in [2.45, 2.75) is 26.7 Å². The van der Waals surface area contributed by atoms with Gasteiger partial charge in [-0.2, -0.15) is 0 Å². The third kappa shape index (κ3) is 3.83. The maximum absolute atomic E-state index is 12.0. The van der Waals surface area contributed by atoms with Crippen LogP contribution in [-0.4, -0.2) is 66.7 Å². The maximum Gasteiger partial charge on any atom is 0.317 e. The summed E-state index contributed by atoms with van der Waals surface area (Å²) in [5.41, 5.74) is -0.845. The van der Waals surface area contributed by atoms with E-state index >= 15 is 0 Å². The van der Waals surface area contributed by atoms with Crippen molar-refractivity contribution in [1.29, 1.82) is 0 Å². The van der Waals surface area contributed by atoms with Crippen LogP contribution in [0.5, 0.6) is 0 Å². The molecule has 2 amide bonds. The van der Waals surface area contributed by atoms with Crippen LogP contribution in [0.15, 0.2) is 0 Å². The van der Waals surface area contributed by atoms with Crippen molar-refractivity contribution in [1.82, 2.24) is 15.1 Å². The molecule has 0 aromatic heterocycles. The fourth-order valence-corrected chi connectivity index (χ4v) is 2.24. The molecule has 1 fully saturated rings. The summed E-state index contributed by atoms with van der Waals surface area (Å²) in [6.45, 7) is 7.00. The van der Waals surface area contributed by atoms with E-state index in [-0.39, 0.29) is 12.6 Å². The van der Waals surface area contributed by atoms with Crippen LogP contribution in [0, 0.1) is 5.41 Å². The standard InChI is InChI=1S/C13H25N3O3/c1-4-13(5-2,11(17)18)10-14-12(19)16-8-6-15(3)7-9-16/h4-10H2,1-3H3,(H,14,19)(H,17,18). The van der Waals surface area contributed by atoms with E-state index in [0.29, 0.717) is 25.9 Å². The Morgan fingerprint density at radius 2 is 1.68 bits per heavy atom. The minimum absolute atomic E-state index is 0.152. The van der Waals surface area contributed by atoms with Crippen LogP contribution in [-0.2, 0) is 4.79 Å². The Bertz CT molecular complexity index is 321. The minimum atomic E-state index is -0.845. The Hall–Kier alpha value is -1.30. The average molecular weight is 271 g/mol. The van der Waals surface area contributed by atoms with Gasteiger partial charge in [0.2, 0.25) is 0 Å². The van der Waals surface area contributed by atoms with Gasteiger partial charge in [-0.25, -0.2) is 4.79 Å². The largest absolute Gasteiger partial charge is 0.481 e. The number of carbonyl (C=O) groups is 2. The number of carboxylic acids is 1. The molecule has 0 radical (unpaired) electrons. The van der Waals surface area contributed by atoms with Crippen LogP contribution in [0.25, 0.3) is 0 Å². The molecule has 0 spiro atoms. The van der Waals surface area contributed by atoms with Crippen LogP contribution in [0.2, 0.25) is 0 Å². The van der Waals surface area contributed by atoms with E-state index in [4.69, 9.17) is 0 Å². The number of piperazine rings is 1. The molecule has 1 rings (SSSR count). The second-order valence-electron chi connectivity index (χ2n) is 5.24. The van der Waals surface area contributed by atoms with Crippen molar-refractivity contribution >= 4 is 12.0 Å². The van der Waals surface area contributed by atoms with Crippen LogP contribution >= 0.6 is 0 Å². The highest BCUT2D eigenvalue weighted by atomic mass is 16.4. The van der Waals surface area contributed by atoms with Gasteiger partial charge >= 0.3 is 12.0 Å². The summed E-state index contributed by atoms with van der Waals surface area (Å²) in [6, 6.07) is -0.152. The summed E-state index contributed by atoms with van der Waals surface area (Å²) < 4.78 is 0.